The Morgan fingerprint density at radius 3 is 2.71 bits per heavy atom. The molecule has 146 valence electrons. The molecule has 0 aliphatic rings. The van der Waals surface area contributed by atoms with Gasteiger partial charge in [0.05, 0.1) is 5.75 Å². The summed E-state index contributed by atoms with van der Waals surface area (Å²) in [4.78, 5) is 16.6. The fourth-order valence-electron chi connectivity index (χ4n) is 2.58. The summed E-state index contributed by atoms with van der Waals surface area (Å²) in [5.41, 5.74) is 4.33. The third-order valence-corrected chi connectivity index (χ3v) is 5.28. The fraction of sp³-hybridized carbons (Fsp3) is 0.286. The molecule has 1 aromatic heterocycles. The zero-order valence-corrected chi connectivity index (χ0v) is 17.1. The van der Waals surface area contributed by atoms with Crippen molar-refractivity contribution >= 4 is 23.4 Å². The van der Waals surface area contributed by atoms with Gasteiger partial charge in [-0.15, -0.1) is 5.10 Å². The fourth-order valence-corrected chi connectivity index (χ4v) is 3.20. The van der Waals surface area contributed by atoms with Crippen molar-refractivity contribution in [3.8, 4) is 5.75 Å². The lowest BCUT2D eigenvalue weighted by Crippen LogP contribution is -2.15. The molecule has 2 N–H and O–H groups in total. The second-order valence-electron chi connectivity index (χ2n) is 6.44. The zero-order chi connectivity index (χ0) is 19.9. The molecule has 0 spiro atoms. The molecule has 6 nitrogen and oxygen atoms in total. The van der Waals surface area contributed by atoms with Crippen molar-refractivity contribution in [2.75, 3.05) is 11.1 Å². The van der Waals surface area contributed by atoms with Crippen LogP contribution in [0.1, 0.15) is 29.4 Å². The van der Waals surface area contributed by atoms with E-state index in [1.165, 1.54) is 17.3 Å². The highest BCUT2D eigenvalue weighted by Crippen LogP contribution is 2.19. The Labute approximate surface area is 169 Å². The highest BCUT2D eigenvalue weighted by atomic mass is 32.2. The van der Waals surface area contributed by atoms with Crippen LogP contribution in [0, 0.1) is 13.8 Å². The number of aryl methyl sites for hydroxylation is 2. The largest absolute Gasteiger partial charge is 0.486 e. The van der Waals surface area contributed by atoms with Crippen molar-refractivity contribution in [2.24, 2.45) is 0 Å². The van der Waals surface area contributed by atoms with Gasteiger partial charge in [0.15, 0.2) is 5.82 Å². The van der Waals surface area contributed by atoms with E-state index < -0.39 is 0 Å². The summed E-state index contributed by atoms with van der Waals surface area (Å²) in [6, 6.07) is 13.8. The maximum atomic E-state index is 12.2. The van der Waals surface area contributed by atoms with E-state index in [4.69, 9.17) is 4.74 Å². The van der Waals surface area contributed by atoms with Crippen LogP contribution in [-0.4, -0.2) is 26.8 Å². The first-order valence-electron chi connectivity index (χ1n) is 9.17. The molecule has 0 radical (unpaired) electrons. The minimum Gasteiger partial charge on any atom is -0.486 e. The summed E-state index contributed by atoms with van der Waals surface area (Å²) in [5.74, 6) is 1.56. The summed E-state index contributed by atoms with van der Waals surface area (Å²) in [5, 5.41) is 10.4. The molecular weight excluding hydrogens is 372 g/mol. The van der Waals surface area contributed by atoms with Crippen molar-refractivity contribution in [1.82, 2.24) is 15.2 Å². The van der Waals surface area contributed by atoms with Crippen LogP contribution >= 0.6 is 11.8 Å². The minimum absolute atomic E-state index is 0.0858. The Bertz CT molecular complexity index is 938. The third-order valence-electron chi connectivity index (χ3n) is 4.43. The molecule has 0 aliphatic heterocycles. The number of aromatic nitrogens is 3. The molecule has 3 aromatic rings. The van der Waals surface area contributed by atoms with Gasteiger partial charge in [-0.1, -0.05) is 43.0 Å². The highest BCUT2D eigenvalue weighted by molar-refractivity contribution is 7.99. The van der Waals surface area contributed by atoms with E-state index >= 15 is 0 Å². The molecule has 0 saturated carbocycles. The molecular formula is C21H24N4O2S. The van der Waals surface area contributed by atoms with Gasteiger partial charge < -0.3 is 10.1 Å². The van der Waals surface area contributed by atoms with Gasteiger partial charge in [-0.2, -0.15) is 0 Å². The van der Waals surface area contributed by atoms with E-state index in [1.807, 2.05) is 56.3 Å². The summed E-state index contributed by atoms with van der Waals surface area (Å²) in [7, 11) is 0. The van der Waals surface area contributed by atoms with Crippen molar-refractivity contribution in [2.45, 2.75) is 39.0 Å². The maximum Gasteiger partial charge on any atom is 0.234 e. The number of rotatable bonds is 8. The van der Waals surface area contributed by atoms with Crippen molar-refractivity contribution in [1.29, 1.82) is 0 Å². The Morgan fingerprint density at radius 2 is 1.96 bits per heavy atom. The molecule has 2 aromatic carbocycles. The molecule has 0 saturated heterocycles. The number of nitrogens with zero attached hydrogens (tertiary/aromatic N) is 2. The number of nitrogens with one attached hydrogen (secondary N) is 2. The second-order valence-corrected chi connectivity index (χ2v) is 7.38. The van der Waals surface area contributed by atoms with Crippen LogP contribution in [0.15, 0.2) is 47.6 Å². The number of carbonyl (C=O) groups excluding carboxylic acids is 1. The van der Waals surface area contributed by atoms with E-state index in [0.29, 0.717) is 17.6 Å². The van der Waals surface area contributed by atoms with Crippen LogP contribution in [0.3, 0.4) is 0 Å². The van der Waals surface area contributed by atoms with Gasteiger partial charge >= 0.3 is 0 Å². The van der Waals surface area contributed by atoms with Gasteiger partial charge in [0.2, 0.25) is 11.1 Å². The van der Waals surface area contributed by atoms with Crippen molar-refractivity contribution < 1.29 is 9.53 Å². The molecule has 1 heterocycles. The molecule has 0 aliphatic carbocycles. The van der Waals surface area contributed by atoms with Gasteiger partial charge in [0, 0.05) is 5.69 Å². The number of amides is 1. The molecule has 0 atom stereocenters. The number of hydrogen-bond donors (Lipinski definition) is 2. The number of thioether (sulfide) groups is 1. The summed E-state index contributed by atoms with van der Waals surface area (Å²) in [6.07, 6.45) is 1.000. The molecule has 0 unspecified atom stereocenters. The summed E-state index contributed by atoms with van der Waals surface area (Å²) >= 11 is 1.28. The lowest BCUT2D eigenvalue weighted by molar-refractivity contribution is -0.113. The number of benzene rings is 2. The van der Waals surface area contributed by atoms with Crippen LogP contribution in [0.2, 0.25) is 0 Å². The van der Waals surface area contributed by atoms with E-state index in [9.17, 15) is 4.79 Å². The second kappa shape index (κ2) is 9.41. The molecule has 3 rings (SSSR count). The number of hydrogen-bond acceptors (Lipinski definition) is 5. The molecule has 0 bridgehead atoms. The minimum atomic E-state index is -0.0858. The van der Waals surface area contributed by atoms with Crippen LogP contribution in [0.25, 0.3) is 0 Å². The van der Waals surface area contributed by atoms with Crippen molar-refractivity contribution in [3.63, 3.8) is 0 Å². The van der Waals surface area contributed by atoms with E-state index in [0.717, 1.165) is 29.0 Å². The van der Waals surface area contributed by atoms with Crippen LogP contribution in [0.4, 0.5) is 5.69 Å². The quantitative estimate of drug-likeness (QED) is 0.555. The lowest BCUT2D eigenvalue weighted by Gasteiger charge is -2.09. The van der Waals surface area contributed by atoms with Gasteiger partial charge in [-0.3, -0.25) is 9.89 Å². The number of ether oxygens (including phenoxy) is 1. The molecule has 0 fully saturated rings. The first-order chi connectivity index (χ1) is 13.5. The highest BCUT2D eigenvalue weighted by Gasteiger charge is 2.10. The average Bonchev–Trinajstić information content (AvgIpc) is 3.17. The average molecular weight is 397 g/mol. The Hall–Kier alpha value is -2.80. The third kappa shape index (κ3) is 5.36. The van der Waals surface area contributed by atoms with E-state index in [1.54, 1.807) is 0 Å². The maximum absolute atomic E-state index is 12.2. The Balaban J connectivity index is 1.47. The summed E-state index contributed by atoms with van der Waals surface area (Å²) < 4.78 is 5.71. The molecule has 7 heteroatoms. The van der Waals surface area contributed by atoms with Gasteiger partial charge in [0.25, 0.3) is 0 Å². The first kappa shape index (κ1) is 19.9. The zero-order valence-electron chi connectivity index (χ0n) is 16.3. The van der Waals surface area contributed by atoms with Crippen LogP contribution < -0.4 is 10.1 Å². The summed E-state index contributed by atoms with van der Waals surface area (Å²) in [6.45, 7) is 6.43. The van der Waals surface area contributed by atoms with Gasteiger partial charge in [-0.25, -0.2) is 4.98 Å². The van der Waals surface area contributed by atoms with Crippen molar-refractivity contribution in [3.05, 3.63) is 65.0 Å². The lowest BCUT2D eigenvalue weighted by atomic mass is 10.1. The predicted molar refractivity (Wildman–Crippen MR) is 112 cm³/mol. The Morgan fingerprint density at radius 1 is 1.18 bits per heavy atom. The number of carbonyl (C=O) groups is 1. The Kier molecular flexibility index (Phi) is 6.71. The van der Waals surface area contributed by atoms with E-state index in [2.05, 4.69) is 27.4 Å². The topological polar surface area (TPSA) is 79.9 Å². The standard InChI is InChI=1S/C21H24N4O2S/c1-4-16-8-10-17(11-9-16)27-12-19-23-21(25-24-19)28-13-20(26)22-18-7-5-6-14(2)15(18)3/h5-11H,4,12-13H2,1-3H3,(H,22,26)(H,23,24,25). The number of anilines is 1. The first-order valence-corrected chi connectivity index (χ1v) is 10.2. The van der Waals surface area contributed by atoms with Gasteiger partial charge in [0.1, 0.15) is 12.4 Å². The van der Waals surface area contributed by atoms with E-state index in [-0.39, 0.29) is 11.7 Å². The number of aromatic amines is 1. The monoisotopic (exact) mass is 396 g/mol. The molecule has 28 heavy (non-hydrogen) atoms. The SMILES string of the molecule is CCc1ccc(OCc2nc(SCC(=O)Nc3cccc(C)c3C)n[nH]2)cc1. The van der Waals surface area contributed by atoms with Crippen LogP contribution in [-0.2, 0) is 17.8 Å². The van der Waals surface area contributed by atoms with Gasteiger partial charge in [-0.05, 0) is 55.2 Å². The number of H-pyrrole nitrogens is 1. The van der Waals surface area contributed by atoms with Crippen LogP contribution in [0.5, 0.6) is 5.75 Å². The molecule has 1 amide bonds. The predicted octanol–water partition coefficient (Wildman–Crippen LogP) is 4.29. The normalized spacial score (nSPS) is 10.7. The smallest absolute Gasteiger partial charge is 0.234 e.